The average Bonchev–Trinajstić information content (AvgIpc) is 3.26. The number of nitrogens with zero attached hydrogens (tertiary/aromatic N) is 1. The summed E-state index contributed by atoms with van der Waals surface area (Å²) in [6.45, 7) is 1.89. The number of rotatable bonds is 3. The summed E-state index contributed by atoms with van der Waals surface area (Å²) < 4.78 is 5.34. The molecule has 0 saturated carbocycles. The molecule has 2 N–H and O–H groups in total. The Morgan fingerprint density at radius 3 is 2.92 bits per heavy atom. The van der Waals surface area contributed by atoms with Crippen molar-refractivity contribution in [1.82, 2.24) is 10.1 Å². The number of aryl methyl sites for hydroxylation is 1. The highest BCUT2D eigenvalue weighted by Gasteiger charge is 2.15. The third-order valence-corrected chi connectivity index (χ3v) is 4.27. The minimum absolute atomic E-state index is 0.209. The fourth-order valence-corrected chi connectivity index (χ4v) is 2.81. The van der Waals surface area contributed by atoms with Crippen molar-refractivity contribution in [2.24, 2.45) is 0 Å². The van der Waals surface area contributed by atoms with Gasteiger partial charge in [-0.1, -0.05) is 35.0 Å². The maximum absolute atomic E-state index is 12.4. The van der Waals surface area contributed by atoms with Crippen molar-refractivity contribution in [1.29, 1.82) is 0 Å². The highest BCUT2D eigenvalue weighted by atomic mass is 35.5. The molecule has 0 atom stereocenters. The van der Waals surface area contributed by atoms with Crippen molar-refractivity contribution in [3.05, 3.63) is 71.0 Å². The van der Waals surface area contributed by atoms with Crippen LogP contribution >= 0.6 is 11.6 Å². The van der Waals surface area contributed by atoms with Crippen molar-refractivity contribution in [3.63, 3.8) is 0 Å². The lowest BCUT2D eigenvalue weighted by molar-refractivity contribution is 0.101. The van der Waals surface area contributed by atoms with Gasteiger partial charge in [0.15, 0.2) is 11.5 Å². The second-order valence-electron chi connectivity index (χ2n) is 5.77. The molecule has 2 aromatic carbocycles. The van der Waals surface area contributed by atoms with Crippen LogP contribution in [0.2, 0.25) is 5.02 Å². The fraction of sp³-hybridized carbons (Fsp3) is 0.0526. The van der Waals surface area contributed by atoms with Gasteiger partial charge in [-0.05, 0) is 42.1 Å². The van der Waals surface area contributed by atoms with Crippen molar-refractivity contribution >= 4 is 34.1 Å². The second kappa shape index (κ2) is 6.11. The largest absolute Gasteiger partial charge is 0.361 e. The monoisotopic (exact) mass is 351 g/mol. The number of fused-ring (bicyclic) bond motifs is 1. The molecule has 0 aliphatic rings. The minimum Gasteiger partial charge on any atom is -0.361 e. The van der Waals surface area contributed by atoms with Crippen LogP contribution in [0.15, 0.2) is 59.3 Å². The van der Waals surface area contributed by atoms with Crippen LogP contribution in [0.4, 0.5) is 5.69 Å². The fourth-order valence-electron chi connectivity index (χ4n) is 2.63. The van der Waals surface area contributed by atoms with Crippen LogP contribution in [0, 0.1) is 6.92 Å². The maximum Gasteiger partial charge on any atom is 0.277 e. The van der Waals surface area contributed by atoms with E-state index >= 15 is 0 Å². The smallest absolute Gasteiger partial charge is 0.277 e. The summed E-state index contributed by atoms with van der Waals surface area (Å²) in [6.07, 6.45) is 1.88. The van der Waals surface area contributed by atoms with E-state index in [9.17, 15) is 4.79 Å². The molecule has 124 valence electrons. The molecule has 0 bridgehead atoms. The van der Waals surface area contributed by atoms with E-state index in [0.717, 1.165) is 22.0 Å². The molecule has 5 nitrogen and oxygen atoms in total. The van der Waals surface area contributed by atoms with Gasteiger partial charge in [0.05, 0.1) is 0 Å². The highest BCUT2D eigenvalue weighted by molar-refractivity contribution is 6.31. The van der Waals surface area contributed by atoms with E-state index in [-0.39, 0.29) is 11.6 Å². The van der Waals surface area contributed by atoms with Crippen LogP contribution in [0.25, 0.3) is 22.2 Å². The van der Waals surface area contributed by atoms with Gasteiger partial charge in [0.2, 0.25) is 0 Å². The van der Waals surface area contributed by atoms with E-state index in [2.05, 4.69) is 15.5 Å². The molecule has 0 spiro atoms. The first-order chi connectivity index (χ1) is 12.1. The summed E-state index contributed by atoms with van der Waals surface area (Å²) in [5, 5.41) is 8.35. The standard InChI is InChI=1S/C19H14ClN3O2/c1-11-2-5-14(20)9-15(11)22-19(24)17-10-18(25-23-17)13-4-3-12-6-7-21-16(12)8-13/h2-10,21H,1H3,(H,22,24). The van der Waals surface area contributed by atoms with Crippen LogP contribution in [-0.4, -0.2) is 16.0 Å². The van der Waals surface area contributed by atoms with Crippen molar-refractivity contribution in [2.75, 3.05) is 5.32 Å². The van der Waals surface area contributed by atoms with Crippen LogP contribution in [0.5, 0.6) is 0 Å². The summed E-state index contributed by atoms with van der Waals surface area (Å²) in [7, 11) is 0. The number of aromatic nitrogens is 2. The molecular weight excluding hydrogens is 338 g/mol. The predicted octanol–water partition coefficient (Wildman–Crippen LogP) is 5.04. The average molecular weight is 352 g/mol. The van der Waals surface area contributed by atoms with Gasteiger partial charge in [-0.2, -0.15) is 0 Å². The molecule has 25 heavy (non-hydrogen) atoms. The highest BCUT2D eigenvalue weighted by Crippen LogP contribution is 2.25. The lowest BCUT2D eigenvalue weighted by Gasteiger charge is -2.06. The maximum atomic E-state index is 12.4. The number of hydrogen-bond donors (Lipinski definition) is 2. The van der Waals surface area contributed by atoms with Gasteiger partial charge in [-0.15, -0.1) is 0 Å². The molecule has 0 aliphatic heterocycles. The molecule has 4 rings (SSSR count). The zero-order valence-electron chi connectivity index (χ0n) is 13.3. The number of benzene rings is 2. The Balaban J connectivity index is 1.59. The number of nitrogens with one attached hydrogen (secondary N) is 2. The summed E-state index contributed by atoms with van der Waals surface area (Å²) in [5.74, 6) is 0.186. The number of halogens is 1. The summed E-state index contributed by atoms with van der Waals surface area (Å²) in [6, 6.07) is 14.8. The van der Waals surface area contributed by atoms with Crippen molar-refractivity contribution in [3.8, 4) is 11.3 Å². The SMILES string of the molecule is Cc1ccc(Cl)cc1NC(=O)c1cc(-c2ccc3cc[nH]c3c2)on1. The van der Waals surface area contributed by atoms with E-state index in [1.165, 1.54) is 0 Å². The van der Waals surface area contributed by atoms with Gasteiger partial charge in [0.25, 0.3) is 5.91 Å². The molecule has 0 saturated heterocycles. The molecule has 0 radical (unpaired) electrons. The number of carbonyl (C=O) groups is 1. The molecule has 2 aromatic heterocycles. The Hall–Kier alpha value is -3.05. The minimum atomic E-state index is -0.346. The first kappa shape index (κ1) is 15.5. The van der Waals surface area contributed by atoms with Gasteiger partial charge in [0, 0.05) is 34.1 Å². The molecule has 0 aliphatic carbocycles. The van der Waals surface area contributed by atoms with E-state index in [0.29, 0.717) is 16.5 Å². The molecule has 6 heteroatoms. The number of anilines is 1. The first-order valence-electron chi connectivity index (χ1n) is 7.72. The molecule has 1 amide bonds. The topological polar surface area (TPSA) is 70.9 Å². The van der Waals surface area contributed by atoms with E-state index in [1.54, 1.807) is 18.2 Å². The van der Waals surface area contributed by atoms with Gasteiger partial charge >= 0.3 is 0 Å². The second-order valence-corrected chi connectivity index (χ2v) is 6.21. The quantitative estimate of drug-likeness (QED) is 0.543. The lowest BCUT2D eigenvalue weighted by Crippen LogP contribution is -2.13. The number of hydrogen-bond acceptors (Lipinski definition) is 3. The normalized spacial score (nSPS) is 11.0. The molecular formula is C19H14ClN3O2. The van der Waals surface area contributed by atoms with Gasteiger partial charge in [-0.3, -0.25) is 4.79 Å². The zero-order valence-corrected chi connectivity index (χ0v) is 14.1. The lowest BCUT2D eigenvalue weighted by atomic mass is 10.1. The molecule has 0 unspecified atom stereocenters. The molecule has 0 fully saturated rings. The number of aromatic amines is 1. The molecule has 4 aromatic rings. The Labute approximate surface area is 148 Å². The van der Waals surface area contributed by atoms with Gasteiger partial charge in [-0.25, -0.2) is 0 Å². The summed E-state index contributed by atoms with van der Waals surface area (Å²) in [4.78, 5) is 15.6. The summed E-state index contributed by atoms with van der Waals surface area (Å²) >= 11 is 5.98. The van der Waals surface area contributed by atoms with Gasteiger partial charge in [0.1, 0.15) is 0 Å². The Morgan fingerprint density at radius 1 is 1.16 bits per heavy atom. The Kier molecular flexibility index (Phi) is 3.78. The van der Waals surface area contributed by atoms with Crippen molar-refractivity contribution in [2.45, 2.75) is 6.92 Å². The number of H-pyrrole nitrogens is 1. The zero-order chi connectivity index (χ0) is 17.4. The Morgan fingerprint density at radius 2 is 2.04 bits per heavy atom. The van der Waals surface area contributed by atoms with Crippen LogP contribution in [-0.2, 0) is 0 Å². The van der Waals surface area contributed by atoms with Crippen LogP contribution in [0.1, 0.15) is 16.1 Å². The van der Waals surface area contributed by atoms with Gasteiger partial charge < -0.3 is 14.8 Å². The van der Waals surface area contributed by atoms with Crippen LogP contribution in [0.3, 0.4) is 0 Å². The van der Waals surface area contributed by atoms with E-state index < -0.39 is 0 Å². The third-order valence-electron chi connectivity index (χ3n) is 4.03. The third kappa shape index (κ3) is 3.02. The predicted molar refractivity (Wildman–Crippen MR) is 97.9 cm³/mol. The van der Waals surface area contributed by atoms with Crippen molar-refractivity contribution < 1.29 is 9.32 Å². The van der Waals surface area contributed by atoms with E-state index in [4.69, 9.17) is 16.1 Å². The number of carbonyl (C=O) groups excluding carboxylic acids is 1. The first-order valence-corrected chi connectivity index (χ1v) is 8.10. The number of amides is 1. The summed E-state index contributed by atoms with van der Waals surface area (Å²) in [5.41, 5.74) is 3.62. The molecule has 2 heterocycles. The Bertz CT molecular complexity index is 1080. The van der Waals surface area contributed by atoms with E-state index in [1.807, 2.05) is 43.5 Å². The van der Waals surface area contributed by atoms with Crippen LogP contribution < -0.4 is 5.32 Å².